The van der Waals surface area contributed by atoms with Crippen LogP contribution in [0.1, 0.15) is 116 Å². The van der Waals surface area contributed by atoms with E-state index in [4.69, 9.17) is 45.8 Å². The number of nitrogens with two attached hydrogens (primary N) is 1. The average molecular weight is 1430 g/mol. The number of nitrogens with zero attached hydrogens (tertiary/aromatic N) is 3. The first kappa shape index (κ1) is 74.1. The van der Waals surface area contributed by atoms with E-state index in [0.29, 0.717) is 47.8 Å². The molecular weight excluding hydrogens is 1350 g/mol. The molecule has 6 rings (SSSR count). The number of anilines is 2. The third-order valence-corrected chi connectivity index (χ3v) is 18.8. The van der Waals surface area contributed by atoms with Crippen LogP contribution in [0.3, 0.4) is 0 Å². The number of hydrogen-bond donors (Lipinski definition) is 7. The van der Waals surface area contributed by atoms with Gasteiger partial charge in [-0.3, -0.25) is 39.1 Å². The van der Waals surface area contributed by atoms with E-state index < -0.39 is 120 Å². The minimum atomic E-state index is -1.93. The second-order valence-corrected chi connectivity index (χ2v) is 25.8. The van der Waals surface area contributed by atoms with Gasteiger partial charge in [-0.2, -0.15) is 0 Å². The van der Waals surface area contributed by atoms with Gasteiger partial charge in [-0.15, -0.1) is 0 Å². The molecule has 92 heavy (non-hydrogen) atoms. The number of carbonyl (C=O) groups excluding carboxylic acids is 9. The van der Waals surface area contributed by atoms with Crippen LogP contribution < -0.4 is 42.0 Å². The number of amides is 8. The summed E-state index contributed by atoms with van der Waals surface area (Å²) in [4.78, 5) is 130. The van der Waals surface area contributed by atoms with Crippen molar-refractivity contribution in [3.63, 3.8) is 0 Å². The smallest absolute Gasteiger partial charge is 0.409 e. The Kier molecular flexibility index (Phi) is 26.8. The standard InChI is InChI=1S/C64H86Br2ClN9O16/c1-34(2)53(73-50(77)22-13-12-18-36(4)89-60(83)40(32-65)33-66)57(80)72-44(20-16-26-70-61(68)84)56(79)71-43-24-23-42(41-19-15-25-69-54(41)43)58(81)75(8)38(6)59(82)91-49-30-51(78)76(9)45-28-39(29-46(87-10)52(45)67)27-35(3)17-14-21-48(88-11)64(86)31-47(90-62(85)74-64)37(5)55-63(49,7)92-55/h14-15,17,19,21,23-25,28-29,34,36-38,40,44,47-49,53,55,86H,12-13,16,18,20,22,26-27,30-33H2,1-11H3,(H,71,79)(H,72,80)(H,73,77)(H,74,85)(H3,68,70,84)/b21-14+,35-17+/t36?,37-,38+,44+,47+,48-,49+,53+,55+,63+,64+/m1/s1. The lowest BCUT2D eigenvalue weighted by Gasteiger charge is -2.42. The molecule has 0 aliphatic carbocycles. The van der Waals surface area contributed by atoms with Gasteiger partial charge in [0.25, 0.3) is 5.91 Å². The second kappa shape index (κ2) is 33.3. The summed E-state index contributed by atoms with van der Waals surface area (Å²) < 4.78 is 35.3. The molecule has 2 saturated heterocycles. The zero-order chi connectivity index (χ0) is 67.9. The predicted molar refractivity (Wildman–Crippen MR) is 351 cm³/mol. The van der Waals surface area contributed by atoms with E-state index in [1.54, 1.807) is 71.0 Å². The molecule has 3 aliphatic rings. The van der Waals surface area contributed by atoms with Gasteiger partial charge in [0.2, 0.25) is 23.6 Å². The minimum absolute atomic E-state index is 0.0171. The van der Waals surface area contributed by atoms with Gasteiger partial charge in [0.05, 0.1) is 48.5 Å². The number of allylic oxidation sites excluding steroid dienone is 3. The maximum Gasteiger partial charge on any atom is 0.409 e. The van der Waals surface area contributed by atoms with E-state index >= 15 is 0 Å². The van der Waals surface area contributed by atoms with Crippen LogP contribution in [-0.2, 0) is 58.9 Å². The quantitative estimate of drug-likeness (QED) is 0.0144. The minimum Gasteiger partial charge on any atom is -0.495 e. The van der Waals surface area contributed by atoms with Gasteiger partial charge in [-0.25, -0.2) is 14.4 Å². The van der Waals surface area contributed by atoms with Crippen LogP contribution in [0.4, 0.5) is 21.0 Å². The summed E-state index contributed by atoms with van der Waals surface area (Å²) in [6, 6.07) is 5.24. The third kappa shape index (κ3) is 18.9. The molecule has 28 heteroatoms. The monoisotopic (exact) mass is 1430 g/mol. The van der Waals surface area contributed by atoms with Crippen molar-refractivity contribution in [2.45, 2.75) is 166 Å². The molecule has 3 aliphatic heterocycles. The van der Waals surface area contributed by atoms with E-state index in [1.165, 1.54) is 58.5 Å². The van der Waals surface area contributed by atoms with Crippen LogP contribution in [-0.4, -0.2) is 174 Å². The fraction of sp³-hybridized carbons (Fsp3) is 0.562. The topological polar surface area (TPSA) is 338 Å². The number of alkyl carbamates (subject to hydrolysis) is 1. The highest BCUT2D eigenvalue weighted by atomic mass is 79.9. The second-order valence-electron chi connectivity index (χ2n) is 24.1. The fourth-order valence-electron chi connectivity index (χ4n) is 11.1. The third-order valence-electron chi connectivity index (χ3n) is 16.9. The van der Waals surface area contributed by atoms with Gasteiger partial charge < -0.3 is 70.3 Å². The normalized spacial score (nSPS) is 23.8. The molecule has 11 atom stereocenters. The van der Waals surface area contributed by atoms with E-state index in [0.717, 1.165) is 16.0 Å². The largest absolute Gasteiger partial charge is 0.495 e. The SMILES string of the molecule is COc1cc2cc(c1Cl)N(C)C(=O)C[C@H](OC(=O)[C@H](C)N(C)C(=O)c1ccc(NC(=O)[C@H](CCCNC(N)=O)NC(=O)[C@@H](NC(=O)CCCCC(C)OC(=O)C(CBr)CBr)C(C)C)c3ncccc13)[C@]1(C)O[C@H]1[C@H](C)[C@@H]1C[C@@](O)(NC(=O)O1)[C@H](OC)/C=C/C=C(\C)C2. The van der Waals surface area contributed by atoms with Crippen molar-refractivity contribution in [3.05, 3.63) is 82.5 Å². The summed E-state index contributed by atoms with van der Waals surface area (Å²) in [5, 5.41) is 26.7. The lowest BCUT2D eigenvalue weighted by molar-refractivity contribution is -0.158. The first-order valence-electron chi connectivity index (χ1n) is 30.5. The van der Waals surface area contributed by atoms with Crippen LogP contribution in [0, 0.1) is 17.8 Å². The molecule has 4 bridgehead atoms. The van der Waals surface area contributed by atoms with Crippen LogP contribution in [0.15, 0.2) is 66.4 Å². The Labute approximate surface area is 557 Å². The molecule has 8 N–H and O–H groups in total. The maximum atomic E-state index is 14.7. The molecule has 3 aromatic rings. The zero-order valence-electron chi connectivity index (χ0n) is 53.7. The number of alkyl halides is 2. The lowest BCUT2D eigenvalue weighted by atomic mass is 9.83. The predicted octanol–water partition coefficient (Wildman–Crippen LogP) is 7.29. The lowest BCUT2D eigenvalue weighted by Crippen LogP contribution is -2.63. The van der Waals surface area contributed by atoms with E-state index in [1.807, 2.05) is 13.0 Å². The number of benzene rings is 2. The number of unbranched alkanes of at least 4 members (excludes halogenated alkanes) is 1. The van der Waals surface area contributed by atoms with Gasteiger partial charge in [-0.05, 0) is 108 Å². The van der Waals surface area contributed by atoms with Crippen molar-refractivity contribution in [3.8, 4) is 5.75 Å². The number of primary amides is 1. The molecule has 1 aromatic heterocycles. The van der Waals surface area contributed by atoms with Crippen molar-refractivity contribution < 1.29 is 76.7 Å². The van der Waals surface area contributed by atoms with E-state index in [-0.39, 0.29) is 77.4 Å². The number of ether oxygens (including phenoxy) is 6. The van der Waals surface area contributed by atoms with Crippen LogP contribution in [0.2, 0.25) is 5.02 Å². The molecule has 1 unspecified atom stereocenters. The molecule has 0 radical (unpaired) electrons. The number of nitrogens with one attached hydrogen (secondary N) is 5. The Hall–Kier alpha value is -6.91. The number of hydrogen-bond acceptors (Lipinski definition) is 17. The number of esters is 2. The van der Waals surface area contributed by atoms with Gasteiger partial charge >= 0.3 is 24.1 Å². The average Bonchev–Trinajstić information content (AvgIpc) is 1.56. The van der Waals surface area contributed by atoms with Gasteiger partial charge in [0.1, 0.15) is 52.8 Å². The first-order valence-corrected chi connectivity index (χ1v) is 33.1. The number of carbonyl (C=O) groups is 9. The Morgan fingerprint density at radius 1 is 0.989 bits per heavy atom. The van der Waals surface area contributed by atoms with Crippen molar-refractivity contribution in [1.82, 2.24) is 31.2 Å². The number of methoxy groups -OCH3 is 2. The number of fused-ring (bicyclic) bond motifs is 6. The number of urea groups is 1. The molecular formula is C64H86Br2ClN9O16. The molecule has 25 nitrogen and oxygen atoms in total. The fourth-order valence-corrected chi connectivity index (χ4v) is 13.0. The van der Waals surface area contributed by atoms with Crippen molar-refractivity contribution >= 4 is 119 Å². The molecule has 504 valence electrons. The summed E-state index contributed by atoms with van der Waals surface area (Å²) in [5.41, 5.74) is 4.32. The highest BCUT2D eigenvalue weighted by molar-refractivity contribution is 9.09. The number of epoxide rings is 1. The summed E-state index contributed by atoms with van der Waals surface area (Å²) in [6.45, 7) is 12.1. The Morgan fingerprint density at radius 3 is 2.37 bits per heavy atom. The number of pyridine rings is 1. The van der Waals surface area contributed by atoms with E-state index in [2.05, 4.69) is 63.4 Å². The highest BCUT2D eigenvalue weighted by Gasteiger charge is 2.64. The Morgan fingerprint density at radius 2 is 1.71 bits per heavy atom. The molecule has 8 amide bonds. The molecule has 2 aromatic carbocycles. The number of halogens is 3. The maximum absolute atomic E-state index is 14.7. The summed E-state index contributed by atoms with van der Waals surface area (Å²) >= 11 is 13.5. The number of rotatable bonds is 25. The number of aliphatic hydroxyl groups is 1. The van der Waals surface area contributed by atoms with Crippen molar-refractivity contribution in [2.24, 2.45) is 23.5 Å². The van der Waals surface area contributed by atoms with Crippen LogP contribution >= 0.6 is 43.5 Å². The van der Waals surface area contributed by atoms with Crippen molar-refractivity contribution in [1.29, 1.82) is 0 Å². The Bertz CT molecular complexity index is 3260. The number of aromatic nitrogens is 1. The highest BCUT2D eigenvalue weighted by Crippen LogP contribution is 2.49. The Balaban J connectivity index is 1.21. The number of likely N-dealkylation sites (N-methyl/N-ethyl adjacent to an activating group) is 1. The summed E-state index contributed by atoms with van der Waals surface area (Å²) in [7, 11) is 5.78. The molecule has 2 fully saturated rings. The van der Waals surface area contributed by atoms with Crippen LogP contribution in [0.5, 0.6) is 5.75 Å². The first-order chi connectivity index (χ1) is 43.5. The van der Waals surface area contributed by atoms with E-state index in [9.17, 15) is 48.3 Å². The molecule has 0 spiro atoms. The zero-order valence-corrected chi connectivity index (χ0v) is 57.7. The summed E-state index contributed by atoms with van der Waals surface area (Å²) in [5.74, 6) is -5.23. The molecule has 4 heterocycles. The van der Waals surface area contributed by atoms with Crippen molar-refractivity contribution in [2.75, 3.05) is 55.7 Å². The molecule has 0 saturated carbocycles. The summed E-state index contributed by atoms with van der Waals surface area (Å²) in [6.07, 6.45) is 2.89. The van der Waals surface area contributed by atoms with Gasteiger partial charge in [0, 0.05) is 74.3 Å². The van der Waals surface area contributed by atoms with Gasteiger partial charge in [0.15, 0.2) is 5.72 Å². The van der Waals surface area contributed by atoms with Gasteiger partial charge in [-0.1, -0.05) is 94.1 Å². The van der Waals surface area contributed by atoms with Crippen LogP contribution in [0.25, 0.3) is 10.9 Å².